The van der Waals surface area contributed by atoms with Gasteiger partial charge < -0.3 is 24.0 Å². The fraction of sp³-hybridized carbons (Fsp3) is 0.389. The summed E-state index contributed by atoms with van der Waals surface area (Å²) >= 11 is 0. The van der Waals surface area contributed by atoms with Crippen LogP contribution in [0.3, 0.4) is 0 Å². The van der Waals surface area contributed by atoms with Gasteiger partial charge in [0.25, 0.3) is 0 Å². The monoisotopic (exact) mass is 508 g/mol. The van der Waals surface area contributed by atoms with Gasteiger partial charge in [-0.2, -0.15) is 0 Å². The van der Waals surface area contributed by atoms with Crippen LogP contribution in [0.5, 0.6) is 0 Å². The maximum atomic E-state index is 8.00. The van der Waals surface area contributed by atoms with Crippen LogP contribution < -0.4 is 0 Å². The van der Waals surface area contributed by atoms with Gasteiger partial charge in [0.2, 0.25) is 0 Å². The van der Waals surface area contributed by atoms with E-state index in [2.05, 4.69) is 30.3 Å². The van der Waals surface area contributed by atoms with Crippen LogP contribution in [0.1, 0.15) is 37.7 Å². The molecule has 0 bridgehead atoms. The fourth-order valence-electron chi connectivity index (χ4n) is 2.34. The average Bonchev–Trinajstić information content (AvgIpc) is 2.71. The Labute approximate surface area is 159 Å². The Morgan fingerprint density at radius 3 is 1.42 bits per heavy atom. The van der Waals surface area contributed by atoms with Crippen LogP contribution >= 0.6 is 0 Å². The van der Waals surface area contributed by atoms with Gasteiger partial charge in [-0.1, -0.05) is 62.4 Å². The second-order valence-electron chi connectivity index (χ2n) is 4.19. The molecular formula is C18H28O5W. The zero-order chi connectivity index (χ0) is 18.9. The van der Waals surface area contributed by atoms with Gasteiger partial charge in [0, 0.05) is 21.1 Å². The molecule has 1 fully saturated rings. The van der Waals surface area contributed by atoms with Crippen molar-refractivity contribution in [3.63, 3.8) is 0 Å². The van der Waals surface area contributed by atoms with Crippen LogP contribution in [-0.4, -0.2) is 33.9 Å². The molecule has 0 spiro atoms. The molecule has 136 valence electrons. The Morgan fingerprint density at radius 2 is 1.04 bits per heavy atom. The van der Waals surface area contributed by atoms with Crippen LogP contribution in [0, 0.1) is 5.92 Å². The maximum absolute atomic E-state index is 8.00. The predicted octanol–water partition coefficient (Wildman–Crippen LogP) is 2.88. The fourth-order valence-corrected chi connectivity index (χ4v) is 2.34. The second-order valence-corrected chi connectivity index (χ2v) is 4.19. The molecule has 6 heteroatoms. The molecule has 0 amide bonds. The van der Waals surface area contributed by atoms with Gasteiger partial charge in [0.1, 0.15) is 33.9 Å². The summed E-state index contributed by atoms with van der Waals surface area (Å²) in [5.74, 6) is 0.969. The van der Waals surface area contributed by atoms with Gasteiger partial charge in [0.05, 0.1) is 0 Å². The summed E-state index contributed by atoms with van der Waals surface area (Å²) in [6.45, 7) is 10.0. The predicted molar refractivity (Wildman–Crippen MR) is 92.3 cm³/mol. The van der Waals surface area contributed by atoms with E-state index in [9.17, 15) is 0 Å². The molecule has 0 saturated heterocycles. The molecule has 0 aliphatic heterocycles. The minimum Gasteiger partial charge on any atom is -0.307 e. The molecule has 1 aromatic rings. The van der Waals surface area contributed by atoms with Crippen LogP contribution in [0.15, 0.2) is 30.3 Å². The van der Waals surface area contributed by atoms with Crippen molar-refractivity contribution < 1.29 is 45.0 Å². The molecule has 1 aliphatic rings. The van der Waals surface area contributed by atoms with E-state index in [-0.39, 0.29) is 21.1 Å². The molecule has 0 heterocycles. The summed E-state index contributed by atoms with van der Waals surface area (Å²) in [4.78, 5) is 40.0. The van der Waals surface area contributed by atoms with Crippen LogP contribution in [0.25, 0.3) is 0 Å². The number of hydrogen-bond donors (Lipinski definition) is 0. The van der Waals surface area contributed by atoms with Crippen LogP contribution in [0.2, 0.25) is 0 Å². The molecular weight excluding hydrogens is 480 g/mol. The molecule has 1 aromatic carbocycles. The maximum Gasteiger partial charge on any atom is 0.106 e. The summed E-state index contributed by atoms with van der Waals surface area (Å²) in [6, 6.07) is 10.9. The molecule has 1 saturated carbocycles. The van der Waals surface area contributed by atoms with Gasteiger partial charge in [-0.05, 0) is 17.9 Å². The van der Waals surface area contributed by atoms with Crippen molar-refractivity contribution in [2.24, 2.45) is 5.92 Å². The Hall–Kier alpha value is -1.74. The summed E-state index contributed by atoms with van der Waals surface area (Å²) < 4.78 is 0. The van der Waals surface area contributed by atoms with Crippen molar-refractivity contribution in [1.29, 1.82) is 0 Å². The third-order valence-corrected chi connectivity index (χ3v) is 3.09. The number of carbonyl (C=O) groups is 5. The topological polar surface area (TPSA) is 85.3 Å². The Bertz CT molecular complexity index is 307. The van der Waals surface area contributed by atoms with E-state index >= 15 is 0 Å². The van der Waals surface area contributed by atoms with Gasteiger partial charge >= 0.3 is 0 Å². The quantitative estimate of drug-likeness (QED) is 0.614. The number of carbonyl (C=O) groups excluding carboxylic acids is 5. The smallest absolute Gasteiger partial charge is 0.106 e. The van der Waals surface area contributed by atoms with Crippen molar-refractivity contribution in [2.75, 3.05) is 0 Å². The largest absolute Gasteiger partial charge is 0.307 e. The Kier molecular flexibility index (Phi) is 52.7. The normalized spacial score (nSPS) is 11.0. The molecule has 0 atom stereocenters. The summed E-state index contributed by atoms with van der Waals surface area (Å²) in [6.07, 6.45) is 8.59. The number of benzene rings is 1. The van der Waals surface area contributed by atoms with E-state index in [0.717, 1.165) is 5.92 Å². The van der Waals surface area contributed by atoms with E-state index in [0.29, 0.717) is 0 Å². The van der Waals surface area contributed by atoms with Crippen LogP contribution in [0.4, 0.5) is 0 Å². The van der Waals surface area contributed by atoms with Crippen molar-refractivity contribution in [3.05, 3.63) is 35.9 Å². The minimum atomic E-state index is 0. The summed E-state index contributed by atoms with van der Waals surface area (Å²) in [5.41, 5.74) is 1.52. The first-order valence-corrected chi connectivity index (χ1v) is 6.93. The van der Waals surface area contributed by atoms with E-state index in [1.165, 1.54) is 44.1 Å². The summed E-state index contributed by atoms with van der Waals surface area (Å²) in [7, 11) is 0. The zero-order valence-corrected chi connectivity index (χ0v) is 17.1. The average molecular weight is 508 g/mol. The second kappa shape index (κ2) is 37.5. The van der Waals surface area contributed by atoms with Gasteiger partial charge in [0.15, 0.2) is 0 Å². The van der Waals surface area contributed by atoms with Crippen LogP contribution in [-0.2, 0) is 51.5 Å². The van der Waals surface area contributed by atoms with Gasteiger partial charge in [-0.15, -0.1) is 0 Å². The van der Waals surface area contributed by atoms with Crippen molar-refractivity contribution in [2.45, 2.75) is 38.5 Å². The first-order valence-electron chi connectivity index (χ1n) is 6.93. The molecule has 0 radical (unpaired) electrons. The first-order chi connectivity index (χ1) is 11.4. The van der Waals surface area contributed by atoms with E-state index < -0.39 is 0 Å². The van der Waals surface area contributed by atoms with E-state index in [1.54, 1.807) is 0 Å². The zero-order valence-electron chi connectivity index (χ0n) is 14.2. The molecule has 5 nitrogen and oxygen atoms in total. The molecule has 24 heavy (non-hydrogen) atoms. The SMILES string of the molecule is C=O.C=O.C=O.C=O.C=O.[W].c1ccc(CC2CCCCC2)cc1. The van der Waals surface area contributed by atoms with E-state index in [4.69, 9.17) is 24.0 Å². The Morgan fingerprint density at radius 1 is 0.667 bits per heavy atom. The molecule has 0 aromatic heterocycles. The molecule has 1 aliphatic carbocycles. The third-order valence-electron chi connectivity index (χ3n) is 3.09. The summed E-state index contributed by atoms with van der Waals surface area (Å²) in [5, 5.41) is 0. The standard InChI is InChI=1S/C13H18.5CH2O.W/c1-3-7-12(8-4-1)11-13-9-5-2-6-10-13;5*1-2;/h1,3-4,7-8,13H,2,5-6,9-11H2;5*1H2;. The van der Waals surface area contributed by atoms with Crippen molar-refractivity contribution in [1.82, 2.24) is 0 Å². The first kappa shape index (κ1) is 33.8. The molecule has 0 N–H and O–H groups in total. The van der Waals surface area contributed by atoms with Crippen molar-refractivity contribution >= 4 is 33.9 Å². The van der Waals surface area contributed by atoms with Crippen molar-refractivity contribution in [3.8, 4) is 0 Å². The molecule has 2 rings (SSSR count). The third kappa shape index (κ3) is 22.5. The van der Waals surface area contributed by atoms with Gasteiger partial charge in [-0.3, -0.25) is 0 Å². The molecule has 0 unspecified atom stereocenters. The Balaban J connectivity index is -0.0000000950. The van der Waals surface area contributed by atoms with Gasteiger partial charge in [-0.25, -0.2) is 0 Å². The number of rotatable bonds is 2. The van der Waals surface area contributed by atoms with E-state index in [1.807, 2.05) is 33.9 Å². The number of hydrogen-bond acceptors (Lipinski definition) is 5. The minimum absolute atomic E-state index is 0.